The third-order valence-corrected chi connectivity index (χ3v) is 2.35. The van der Waals surface area contributed by atoms with E-state index < -0.39 is 0 Å². The highest BCUT2D eigenvalue weighted by atomic mass is 14.6. The minimum Gasteiger partial charge on any atom is -0.312 e. The molecule has 0 saturated heterocycles. The average Bonchev–Trinajstić information content (AvgIpc) is 2.21. The maximum absolute atomic E-state index is 6.75. The van der Waals surface area contributed by atoms with Crippen LogP contribution in [0, 0.1) is 6.57 Å². The predicted octanol–water partition coefficient (Wildman–Crippen LogP) is 3.84. The number of rotatable bonds is 5. The van der Waals surface area contributed by atoms with Gasteiger partial charge in [0.25, 0.3) is 0 Å². The summed E-state index contributed by atoms with van der Waals surface area (Å²) in [5.41, 5.74) is 2.52. The molecule has 14 heavy (non-hydrogen) atoms. The third kappa shape index (κ3) is 3.62. The summed E-state index contributed by atoms with van der Waals surface area (Å²) in [6.45, 7) is 9.48. The van der Waals surface area contributed by atoms with Crippen LogP contribution in [0.4, 0.5) is 0 Å². The number of hydrogen-bond donors (Lipinski definition) is 0. The van der Waals surface area contributed by atoms with Crippen LogP contribution in [0.15, 0.2) is 24.3 Å². The summed E-state index contributed by atoms with van der Waals surface area (Å²) in [7, 11) is 0. The van der Waals surface area contributed by atoms with E-state index in [-0.39, 0.29) is 0 Å². The summed E-state index contributed by atoms with van der Waals surface area (Å²) < 4.78 is 0. The highest BCUT2D eigenvalue weighted by molar-refractivity contribution is 5.23. The van der Waals surface area contributed by atoms with Crippen LogP contribution in [0.1, 0.15) is 37.3 Å². The molecule has 0 radical (unpaired) electrons. The van der Waals surface area contributed by atoms with Gasteiger partial charge in [0.05, 0.1) is 0 Å². The highest BCUT2D eigenvalue weighted by Gasteiger charge is 1.96. The van der Waals surface area contributed by atoms with Crippen LogP contribution >= 0.6 is 0 Å². The number of nitrogens with zero attached hydrogens (tertiary/aromatic N) is 1. The maximum Gasteiger partial charge on any atom is 0.239 e. The second-order valence-corrected chi connectivity index (χ2v) is 3.59. The van der Waals surface area contributed by atoms with Gasteiger partial charge in [-0.25, -0.2) is 6.57 Å². The Kier molecular flexibility index (Phi) is 4.78. The Bertz CT molecular complexity index is 292. The molecule has 0 N–H and O–H groups in total. The van der Waals surface area contributed by atoms with Crippen LogP contribution in [-0.2, 0) is 13.0 Å². The SMILES string of the molecule is [C-]#[N+]Cc1ccc(CCCCC)cc1. The molecule has 0 saturated carbocycles. The highest BCUT2D eigenvalue weighted by Crippen LogP contribution is 2.09. The van der Waals surface area contributed by atoms with Crippen molar-refractivity contribution in [2.24, 2.45) is 0 Å². The molecule has 0 spiro atoms. The van der Waals surface area contributed by atoms with Crippen molar-refractivity contribution in [2.45, 2.75) is 39.2 Å². The quantitative estimate of drug-likeness (QED) is 0.487. The Balaban J connectivity index is 2.43. The topological polar surface area (TPSA) is 4.36 Å². The molecule has 1 nitrogen and oxygen atoms in total. The molecule has 0 unspecified atom stereocenters. The summed E-state index contributed by atoms with van der Waals surface area (Å²) in [5.74, 6) is 0. The van der Waals surface area contributed by atoms with Gasteiger partial charge in [-0.3, -0.25) is 0 Å². The van der Waals surface area contributed by atoms with Gasteiger partial charge >= 0.3 is 0 Å². The van der Waals surface area contributed by atoms with Gasteiger partial charge < -0.3 is 4.85 Å². The Morgan fingerprint density at radius 2 is 1.71 bits per heavy atom. The Hall–Kier alpha value is -1.29. The minimum atomic E-state index is 0.509. The fraction of sp³-hybridized carbons (Fsp3) is 0.462. The van der Waals surface area contributed by atoms with E-state index in [2.05, 4.69) is 36.0 Å². The fourth-order valence-electron chi connectivity index (χ4n) is 1.48. The molecule has 0 bridgehead atoms. The molecule has 74 valence electrons. The van der Waals surface area contributed by atoms with Crippen LogP contribution in [0.3, 0.4) is 0 Å². The van der Waals surface area contributed by atoms with E-state index >= 15 is 0 Å². The van der Waals surface area contributed by atoms with E-state index in [9.17, 15) is 0 Å². The molecule has 0 fully saturated rings. The average molecular weight is 187 g/mol. The molecule has 1 heteroatoms. The first-order valence-corrected chi connectivity index (χ1v) is 5.28. The van der Waals surface area contributed by atoms with Crippen molar-refractivity contribution >= 4 is 0 Å². The van der Waals surface area contributed by atoms with Gasteiger partial charge in [0.2, 0.25) is 6.54 Å². The number of hydrogen-bond acceptors (Lipinski definition) is 0. The lowest BCUT2D eigenvalue weighted by molar-refractivity contribution is 0.717. The molecule has 1 aromatic carbocycles. The molecule has 1 rings (SSSR count). The normalized spacial score (nSPS) is 9.71. The molecule has 0 atom stereocenters. The standard InChI is InChI=1S/C13H17N/c1-3-4-5-6-12-7-9-13(10-8-12)11-14-2/h7-10H,3-6,11H2,1H3. The van der Waals surface area contributed by atoms with E-state index in [0.717, 1.165) is 5.56 Å². The molecular formula is C13H17N. The van der Waals surface area contributed by atoms with Crippen LogP contribution in [0.5, 0.6) is 0 Å². The van der Waals surface area contributed by atoms with Crippen LogP contribution < -0.4 is 0 Å². The molecule has 0 aromatic heterocycles. The third-order valence-electron chi connectivity index (χ3n) is 2.35. The largest absolute Gasteiger partial charge is 0.312 e. The van der Waals surface area contributed by atoms with Gasteiger partial charge in [-0.05, 0) is 18.4 Å². The molecular weight excluding hydrogens is 170 g/mol. The van der Waals surface area contributed by atoms with Crippen molar-refractivity contribution in [1.82, 2.24) is 0 Å². The van der Waals surface area contributed by atoms with Crippen molar-refractivity contribution in [3.8, 4) is 0 Å². The second-order valence-electron chi connectivity index (χ2n) is 3.59. The van der Waals surface area contributed by atoms with E-state index in [1.165, 1.54) is 31.2 Å². The minimum absolute atomic E-state index is 0.509. The predicted molar refractivity (Wildman–Crippen MR) is 60.0 cm³/mol. The second kappa shape index (κ2) is 6.21. The van der Waals surface area contributed by atoms with Gasteiger partial charge in [0.15, 0.2) is 0 Å². The number of unbranched alkanes of at least 4 members (excludes halogenated alkanes) is 2. The lowest BCUT2D eigenvalue weighted by atomic mass is 10.1. The molecule has 0 aliphatic rings. The lowest BCUT2D eigenvalue weighted by Crippen LogP contribution is -1.86. The molecule has 0 aliphatic carbocycles. The van der Waals surface area contributed by atoms with E-state index in [4.69, 9.17) is 6.57 Å². The number of aryl methyl sites for hydroxylation is 1. The van der Waals surface area contributed by atoms with Crippen molar-refractivity contribution in [3.05, 3.63) is 46.8 Å². The van der Waals surface area contributed by atoms with E-state index in [1.54, 1.807) is 0 Å². The summed E-state index contributed by atoms with van der Waals surface area (Å²) in [4.78, 5) is 3.36. The first kappa shape index (κ1) is 10.8. The Morgan fingerprint density at radius 3 is 2.29 bits per heavy atom. The van der Waals surface area contributed by atoms with Crippen LogP contribution in [0.2, 0.25) is 0 Å². The van der Waals surface area contributed by atoms with Crippen LogP contribution in [-0.4, -0.2) is 0 Å². The zero-order chi connectivity index (χ0) is 10.2. The summed E-state index contributed by atoms with van der Waals surface area (Å²) >= 11 is 0. The van der Waals surface area contributed by atoms with Gasteiger partial charge in [-0.2, -0.15) is 0 Å². The van der Waals surface area contributed by atoms with Gasteiger partial charge in [-0.15, -0.1) is 0 Å². The smallest absolute Gasteiger partial charge is 0.239 e. The monoisotopic (exact) mass is 187 g/mol. The van der Waals surface area contributed by atoms with Crippen molar-refractivity contribution < 1.29 is 0 Å². The van der Waals surface area contributed by atoms with Gasteiger partial charge in [-0.1, -0.05) is 44.0 Å². The summed E-state index contributed by atoms with van der Waals surface area (Å²) in [5, 5.41) is 0. The van der Waals surface area contributed by atoms with E-state index in [1.807, 2.05) is 0 Å². The van der Waals surface area contributed by atoms with Gasteiger partial charge in [0, 0.05) is 5.56 Å². The van der Waals surface area contributed by atoms with E-state index in [0.29, 0.717) is 6.54 Å². The molecule has 0 aliphatic heterocycles. The summed E-state index contributed by atoms with van der Waals surface area (Å²) in [6.07, 6.45) is 5.03. The first-order valence-electron chi connectivity index (χ1n) is 5.28. The molecule has 1 aromatic rings. The van der Waals surface area contributed by atoms with Crippen LogP contribution in [0.25, 0.3) is 4.85 Å². The molecule has 0 amide bonds. The first-order chi connectivity index (χ1) is 6.86. The summed E-state index contributed by atoms with van der Waals surface area (Å²) in [6, 6.07) is 8.44. The van der Waals surface area contributed by atoms with Crippen molar-refractivity contribution in [1.29, 1.82) is 0 Å². The van der Waals surface area contributed by atoms with Crippen molar-refractivity contribution in [3.63, 3.8) is 0 Å². The Labute approximate surface area is 86.6 Å². The Morgan fingerprint density at radius 1 is 1.07 bits per heavy atom. The zero-order valence-corrected chi connectivity index (χ0v) is 8.79. The number of benzene rings is 1. The molecule has 0 heterocycles. The van der Waals surface area contributed by atoms with Crippen molar-refractivity contribution in [2.75, 3.05) is 0 Å². The zero-order valence-electron chi connectivity index (χ0n) is 8.79. The van der Waals surface area contributed by atoms with Gasteiger partial charge in [0.1, 0.15) is 0 Å². The lowest BCUT2D eigenvalue weighted by Gasteiger charge is -2.00. The fourth-order valence-corrected chi connectivity index (χ4v) is 1.48. The maximum atomic E-state index is 6.75.